The lowest BCUT2D eigenvalue weighted by Crippen LogP contribution is -1.84. The van der Waals surface area contributed by atoms with Crippen molar-refractivity contribution in [1.29, 1.82) is 0 Å². The lowest BCUT2D eigenvalue weighted by atomic mass is 10.0. The van der Waals surface area contributed by atoms with Crippen LogP contribution in [-0.2, 0) is 0 Å². The van der Waals surface area contributed by atoms with Gasteiger partial charge in [0.25, 0.3) is 0 Å². The summed E-state index contributed by atoms with van der Waals surface area (Å²) >= 11 is 0. The number of benzene rings is 1. The van der Waals surface area contributed by atoms with Crippen LogP contribution in [0.3, 0.4) is 0 Å². The van der Waals surface area contributed by atoms with E-state index < -0.39 is 0 Å². The first-order valence-electron chi connectivity index (χ1n) is 7.95. The number of aromatic hydroxyl groups is 1. The van der Waals surface area contributed by atoms with E-state index in [2.05, 4.69) is 13.3 Å². The second kappa shape index (κ2) is 10.9. The fourth-order valence-corrected chi connectivity index (χ4v) is 2.33. The van der Waals surface area contributed by atoms with Crippen molar-refractivity contribution in [3.8, 4) is 5.75 Å². The van der Waals surface area contributed by atoms with Gasteiger partial charge in [-0.2, -0.15) is 0 Å². The molecule has 1 heteroatoms. The Labute approximate surface area is 119 Å². The summed E-state index contributed by atoms with van der Waals surface area (Å²) < 4.78 is 0. The van der Waals surface area contributed by atoms with E-state index in [1.54, 1.807) is 12.1 Å². The van der Waals surface area contributed by atoms with Crippen LogP contribution in [-0.4, -0.2) is 5.11 Å². The molecule has 0 amide bonds. The third kappa shape index (κ3) is 8.69. The monoisotopic (exact) mass is 261 g/mol. The van der Waals surface area contributed by atoms with Gasteiger partial charge in [0.15, 0.2) is 0 Å². The maximum absolute atomic E-state index is 9.19. The maximum atomic E-state index is 9.19. The highest BCUT2D eigenvalue weighted by molar-refractivity contribution is 5.29. The van der Waals surface area contributed by atoms with Crippen LogP contribution in [0.4, 0.5) is 0 Å². The fourth-order valence-electron chi connectivity index (χ4n) is 2.33. The minimum absolute atomic E-state index is 0.347. The van der Waals surface area contributed by atoms with Crippen LogP contribution in [0.25, 0.3) is 0 Å². The van der Waals surface area contributed by atoms with Crippen LogP contribution in [0.15, 0.2) is 24.3 Å². The van der Waals surface area contributed by atoms with Gasteiger partial charge in [0.05, 0.1) is 0 Å². The molecule has 0 fully saturated rings. The molecule has 1 aromatic rings. The standard InChI is InChI=1S/C18H29O/c1-2-3-4-5-6-7-8-9-10-11-12-17-13-15-18(19)16-14-17/h12-16,19H,2-11H2,1H3. The molecule has 0 heterocycles. The zero-order valence-corrected chi connectivity index (χ0v) is 12.4. The summed E-state index contributed by atoms with van der Waals surface area (Å²) in [5.74, 6) is 0.347. The van der Waals surface area contributed by atoms with Gasteiger partial charge in [-0.25, -0.2) is 0 Å². The molecule has 0 saturated carbocycles. The highest BCUT2D eigenvalue weighted by Crippen LogP contribution is 2.15. The Balaban J connectivity index is 1.87. The molecule has 0 spiro atoms. The first kappa shape index (κ1) is 16.1. The Hall–Kier alpha value is -0.980. The highest BCUT2D eigenvalue weighted by Gasteiger charge is 1.95. The number of hydrogen-bond acceptors (Lipinski definition) is 1. The predicted molar refractivity (Wildman–Crippen MR) is 83.4 cm³/mol. The summed E-state index contributed by atoms with van der Waals surface area (Å²) in [7, 11) is 0. The van der Waals surface area contributed by atoms with Crippen LogP contribution in [0.5, 0.6) is 5.75 Å². The zero-order chi connectivity index (χ0) is 13.8. The van der Waals surface area contributed by atoms with Crippen molar-refractivity contribution in [2.75, 3.05) is 0 Å². The van der Waals surface area contributed by atoms with E-state index in [4.69, 9.17) is 0 Å². The number of phenols is 1. The van der Waals surface area contributed by atoms with Crippen molar-refractivity contribution < 1.29 is 5.11 Å². The molecule has 0 aliphatic carbocycles. The first-order chi connectivity index (χ1) is 9.33. The second-order valence-corrected chi connectivity index (χ2v) is 5.41. The molecule has 0 aliphatic heterocycles. The Morgan fingerprint density at radius 3 is 1.89 bits per heavy atom. The minimum atomic E-state index is 0.347. The average molecular weight is 261 g/mol. The smallest absolute Gasteiger partial charge is 0.115 e. The molecule has 0 aromatic heterocycles. The molecule has 1 nitrogen and oxygen atoms in total. The summed E-state index contributed by atoms with van der Waals surface area (Å²) in [6.45, 7) is 2.27. The lowest BCUT2D eigenvalue weighted by Gasteiger charge is -2.03. The molecule has 1 radical (unpaired) electrons. The molecule has 1 rings (SSSR count). The Bertz CT molecular complexity index is 302. The van der Waals surface area contributed by atoms with E-state index in [1.165, 1.54) is 63.4 Å². The normalized spacial score (nSPS) is 10.8. The molecule has 0 bridgehead atoms. The number of rotatable bonds is 11. The predicted octanol–water partition coefficient (Wildman–Crippen LogP) is 5.87. The Morgan fingerprint density at radius 1 is 0.789 bits per heavy atom. The molecule has 1 aromatic carbocycles. The van der Waals surface area contributed by atoms with Crippen LogP contribution in [0.1, 0.15) is 76.7 Å². The molecule has 1 N–H and O–H groups in total. The van der Waals surface area contributed by atoms with Crippen LogP contribution < -0.4 is 0 Å². The maximum Gasteiger partial charge on any atom is 0.115 e. The van der Waals surface area contributed by atoms with Crippen molar-refractivity contribution in [2.24, 2.45) is 0 Å². The van der Waals surface area contributed by atoms with E-state index in [0.717, 1.165) is 6.42 Å². The summed E-state index contributed by atoms with van der Waals surface area (Å²) in [5.41, 5.74) is 1.22. The second-order valence-electron chi connectivity index (χ2n) is 5.41. The van der Waals surface area contributed by atoms with Gasteiger partial charge in [-0.1, -0.05) is 76.8 Å². The van der Waals surface area contributed by atoms with E-state index in [0.29, 0.717) is 5.75 Å². The SMILES string of the molecule is CCCCCCCCCCC[CH]c1ccc(O)cc1. The topological polar surface area (TPSA) is 20.2 Å². The lowest BCUT2D eigenvalue weighted by molar-refractivity contribution is 0.475. The van der Waals surface area contributed by atoms with E-state index in [-0.39, 0.29) is 0 Å². The summed E-state index contributed by atoms with van der Waals surface area (Å²) in [5, 5.41) is 9.19. The highest BCUT2D eigenvalue weighted by atomic mass is 16.3. The van der Waals surface area contributed by atoms with Crippen LogP contribution in [0, 0.1) is 6.42 Å². The van der Waals surface area contributed by atoms with E-state index in [1.807, 2.05) is 12.1 Å². The van der Waals surface area contributed by atoms with Crippen molar-refractivity contribution in [1.82, 2.24) is 0 Å². The summed E-state index contributed by atoms with van der Waals surface area (Å²) in [6, 6.07) is 7.45. The van der Waals surface area contributed by atoms with E-state index >= 15 is 0 Å². The molecule has 0 aliphatic rings. The van der Waals surface area contributed by atoms with Crippen molar-refractivity contribution in [3.05, 3.63) is 36.2 Å². The van der Waals surface area contributed by atoms with Gasteiger partial charge in [0.1, 0.15) is 5.75 Å². The molecule has 0 atom stereocenters. The third-order valence-electron chi connectivity index (χ3n) is 3.58. The van der Waals surface area contributed by atoms with Gasteiger partial charge in [0.2, 0.25) is 0 Å². The van der Waals surface area contributed by atoms with Gasteiger partial charge < -0.3 is 5.11 Å². The third-order valence-corrected chi connectivity index (χ3v) is 3.58. The number of phenolic OH excluding ortho intramolecular Hbond substituents is 1. The quantitative estimate of drug-likeness (QED) is 0.494. The molecule has 0 saturated heterocycles. The number of unbranched alkanes of at least 4 members (excludes halogenated alkanes) is 9. The van der Waals surface area contributed by atoms with Gasteiger partial charge in [-0.3, -0.25) is 0 Å². The van der Waals surface area contributed by atoms with Gasteiger partial charge >= 0.3 is 0 Å². The molecular formula is C18H29O. The van der Waals surface area contributed by atoms with Gasteiger partial charge in [0, 0.05) is 0 Å². The molecular weight excluding hydrogens is 232 g/mol. The van der Waals surface area contributed by atoms with Gasteiger partial charge in [-0.15, -0.1) is 0 Å². The largest absolute Gasteiger partial charge is 0.508 e. The van der Waals surface area contributed by atoms with Crippen molar-refractivity contribution in [2.45, 2.75) is 71.1 Å². The van der Waals surface area contributed by atoms with Crippen LogP contribution >= 0.6 is 0 Å². The minimum Gasteiger partial charge on any atom is -0.508 e. The molecule has 19 heavy (non-hydrogen) atoms. The van der Waals surface area contributed by atoms with Gasteiger partial charge in [-0.05, 0) is 30.5 Å². The number of hydrogen-bond donors (Lipinski definition) is 1. The Morgan fingerprint density at radius 2 is 1.32 bits per heavy atom. The fraction of sp³-hybridized carbons (Fsp3) is 0.611. The zero-order valence-electron chi connectivity index (χ0n) is 12.4. The molecule has 0 unspecified atom stereocenters. The molecule has 107 valence electrons. The summed E-state index contributed by atoms with van der Waals surface area (Å²) in [6.07, 6.45) is 15.9. The summed E-state index contributed by atoms with van der Waals surface area (Å²) in [4.78, 5) is 0. The van der Waals surface area contributed by atoms with Crippen molar-refractivity contribution >= 4 is 0 Å². The first-order valence-corrected chi connectivity index (χ1v) is 7.95. The Kier molecular flexibility index (Phi) is 9.22. The average Bonchev–Trinajstić information content (AvgIpc) is 2.43. The van der Waals surface area contributed by atoms with Crippen LogP contribution in [0.2, 0.25) is 0 Å². The van der Waals surface area contributed by atoms with E-state index in [9.17, 15) is 5.11 Å². The van der Waals surface area contributed by atoms with Crippen molar-refractivity contribution in [3.63, 3.8) is 0 Å².